The molecule has 10 heteroatoms. The normalized spacial score (nSPS) is 18.4. The lowest BCUT2D eigenvalue weighted by Gasteiger charge is -2.25. The van der Waals surface area contributed by atoms with Crippen molar-refractivity contribution in [3.63, 3.8) is 0 Å². The number of carbonyl (C=O) groups is 4. The molecule has 2 unspecified atom stereocenters. The molecule has 1 aliphatic heterocycles. The van der Waals surface area contributed by atoms with Gasteiger partial charge in [-0.2, -0.15) is 0 Å². The highest BCUT2D eigenvalue weighted by atomic mass is 16.5. The highest BCUT2D eigenvalue weighted by molar-refractivity contribution is 6.38. The van der Waals surface area contributed by atoms with E-state index < -0.39 is 35.8 Å². The van der Waals surface area contributed by atoms with Crippen LogP contribution < -0.4 is 16.0 Å². The summed E-state index contributed by atoms with van der Waals surface area (Å²) in [6.45, 7) is 9.73. The molecule has 2 atom stereocenters. The Bertz CT molecular complexity index is 865. The number of carbonyl (C=O) groups excluding carboxylic acids is 4. The Morgan fingerprint density at radius 2 is 1.97 bits per heavy atom. The van der Waals surface area contributed by atoms with Gasteiger partial charge in [0.05, 0.1) is 12.6 Å². The third kappa shape index (κ3) is 8.78. The van der Waals surface area contributed by atoms with Crippen LogP contribution in [0.4, 0.5) is 4.79 Å². The molecule has 0 fully saturated rings. The van der Waals surface area contributed by atoms with Gasteiger partial charge in [0.15, 0.2) is 0 Å². The standard InChI is InChI=1S/C23H35N5O5/c1-14(2)18(28-22(32)33-13-23(3,4)5)20(30)27-16-8-6-7-15-9-11-24-17(26-15)10-12-25-21(31)19(16)29/h9,11,14,16,18H,6-8,10,12-13H2,1-5H3,(H,25,31)(H,27,30)(H,28,32). The largest absolute Gasteiger partial charge is 0.449 e. The topological polar surface area (TPSA) is 139 Å². The molecule has 3 N–H and O–H groups in total. The third-order valence-corrected chi connectivity index (χ3v) is 5.04. The zero-order chi connectivity index (χ0) is 24.6. The first-order valence-corrected chi connectivity index (χ1v) is 11.3. The van der Waals surface area contributed by atoms with E-state index in [4.69, 9.17) is 4.74 Å². The van der Waals surface area contributed by atoms with E-state index in [1.165, 1.54) is 0 Å². The van der Waals surface area contributed by atoms with Gasteiger partial charge in [0, 0.05) is 24.9 Å². The number of hydrogen-bond acceptors (Lipinski definition) is 7. The van der Waals surface area contributed by atoms with Gasteiger partial charge in [-0.3, -0.25) is 14.4 Å². The van der Waals surface area contributed by atoms with Crippen LogP contribution in [-0.2, 0) is 32.0 Å². The maximum absolute atomic E-state index is 13.0. The summed E-state index contributed by atoms with van der Waals surface area (Å²) in [5.41, 5.74) is 0.623. The number of ketones is 1. The second-order valence-corrected chi connectivity index (χ2v) is 9.79. The van der Waals surface area contributed by atoms with Crippen LogP contribution in [-0.4, -0.2) is 58.9 Å². The summed E-state index contributed by atoms with van der Waals surface area (Å²) < 4.78 is 5.21. The van der Waals surface area contributed by atoms with Gasteiger partial charge in [0.2, 0.25) is 11.7 Å². The molecule has 0 radical (unpaired) electrons. The zero-order valence-corrected chi connectivity index (χ0v) is 20.1. The predicted molar refractivity (Wildman–Crippen MR) is 121 cm³/mol. The third-order valence-electron chi connectivity index (χ3n) is 5.04. The van der Waals surface area contributed by atoms with Crippen molar-refractivity contribution in [2.24, 2.45) is 11.3 Å². The van der Waals surface area contributed by atoms with Gasteiger partial charge in [-0.25, -0.2) is 14.8 Å². The number of ether oxygens (including phenoxy) is 1. The van der Waals surface area contributed by atoms with Crippen molar-refractivity contribution >= 4 is 23.7 Å². The van der Waals surface area contributed by atoms with Crippen LogP contribution in [0.2, 0.25) is 0 Å². The molecule has 0 saturated heterocycles. The van der Waals surface area contributed by atoms with Gasteiger partial charge in [-0.1, -0.05) is 34.6 Å². The van der Waals surface area contributed by atoms with E-state index in [9.17, 15) is 19.2 Å². The fourth-order valence-electron chi connectivity index (χ4n) is 3.24. The molecular weight excluding hydrogens is 426 g/mol. The number of nitrogens with one attached hydrogen (secondary N) is 3. The van der Waals surface area contributed by atoms with E-state index in [0.29, 0.717) is 25.1 Å². The van der Waals surface area contributed by atoms with Crippen LogP contribution in [0.25, 0.3) is 0 Å². The van der Waals surface area contributed by atoms with Crippen LogP contribution >= 0.6 is 0 Å². The highest BCUT2D eigenvalue weighted by Gasteiger charge is 2.32. The van der Waals surface area contributed by atoms with E-state index in [-0.39, 0.29) is 30.9 Å². The molecule has 2 heterocycles. The summed E-state index contributed by atoms with van der Waals surface area (Å²) in [6, 6.07) is -0.114. The highest BCUT2D eigenvalue weighted by Crippen LogP contribution is 2.13. The van der Waals surface area contributed by atoms with E-state index >= 15 is 0 Å². The van der Waals surface area contributed by atoms with Crippen molar-refractivity contribution in [3.8, 4) is 0 Å². The van der Waals surface area contributed by atoms with Gasteiger partial charge >= 0.3 is 6.09 Å². The van der Waals surface area contributed by atoms with E-state index in [2.05, 4.69) is 25.9 Å². The lowest BCUT2D eigenvalue weighted by Crippen LogP contribution is -2.55. The Kier molecular flexibility index (Phi) is 9.31. The molecule has 0 saturated carbocycles. The minimum atomic E-state index is -1.01. The number of nitrogens with zero attached hydrogens (tertiary/aromatic N) is 2. The van der Waals surface area contributed by atoms with Crippen molar-refractivity contribution in [2.45, 2.75) is 72.4 Å². The van der Waals surface area contributed by atoms with Gasteiger partial charge < -0.3 is 20.7 Å². The second kappa shape index (κ2) is 11.7. The summed E-state index contributed by atoms with van der Waals surface area (Å²) in [7, 11) is 0. The van der Waals surface area contributed by atoms with Gasteiger partial charge in [-0.05, 0) is 36.7 Å². The van der Waals surface area contributed by atoms with Gasteiger partial charge in [0.1, 0.15) is 11.9 Å². The monoisotopic (exact) mass is 461 g/mol. The Morgan fingerprint density at radius 3 is 2.64 bits per heavy atom. The van der Waals surface area contributed by atoms with Gasteiger partial charge in [0.25, 0.3) is 5.91 Å². The van der Waals surface area contributed by atoms with Crippen LogP contribution in [0.1, 0.15) is 59.0 Å². The lowest BCUT2D eigenvalue weighted by atomic mass is 9.99. The average Bonchev–Trinajstić information content (AvgIpc) is 2.73. The molecule has 182 valence electrons. The SMILES string of the molecule is CC(C)C(NC(=O)OCC(C)(C)C)C(=O)NC1CCCc2ccnc(n2)CCNC(=O)C1=O. The van der Waals surface area contributed by atoms with E-state index in [0.717, 1.165) is 5.69 Å². The lowest BCUT2D eigenvalue weighted by molar-refractivity contribution is -0.140. The molecule has 2 bridgehead atoms. The smallest absolute Gasteiger partial charge is 0.407 e. The fraction of sp³-hybridized carbons (Fsp3) is 0.652. The van der Waals surface area contributed by atoms with Crippen LogP contribution in [0.5, 0.6) is 0 Å². The quantitative estimate of drug-likeness (QED) is 0.562. The maximum atomic E-state index is 13.0. The molecule has 0 aromatic carbocycles. The first-order valence-electron chi connectivity index (χ1n) is 11.3. The van der Waals surface area contributed by atoms with Crippen molar-refractivity contribution in [3.05, 3.63) is 23.8 Å². The number of aromatic nitrogens is 2. The first kappa shape index (κ1) is 26.2. The average molecular weight is 462 g/mol. The van der Waals surface area contributed by atoms with E-state index in [1.54, 1.807) is 20.0 Å². The van der Waals surface area contributed by atoms with Crippen molar-refractivity contribution in [1.29, 1.82) is 0 Å². The molecule has 1 aromatic rings. The number of fused-ring (bicyclic) bond motifs is 2. The molecule has 1 aliphatic rings. The second-order valence-electron chi connectivity index (χ2n) is 9.79. The number of amides is 3. The maximum Gasteiger partial charge on any atom is 0.407 e. The summed E-state index contributed by atoms with van der Waals surface area (Å²) in [4.78, 5) is 58.9. The Labute approximate surface area is 194 Å². The number of alkyl carbamates (subject to hydrolysis) is 1. The first-order chi connectivity index (χ1) is 15.5. The summed E-state index contributed by atoms with van der Waals surface area (Å²) in [5, 5.41) is 7.81. The van der Waals surface area contributed by atoms with Crippen LogP contribution in [0.3, 0.4) is 0 Å². The molecule has 10 nitrogen and oxygen atoms in total. The number of aryl methyl sites for hydroxylation is 1. The number of hydrogen-bond donors (Lipinski definition) is 3. The Balaban J connectivity index is 2.08. The molecular formula is C23H35N5O5. The van der Waals surface area contributed by atoms with Gasteiger partial charge in [-0.15, -0.1) is 0 Å². The van der Waals surface area contributed by atoms with Crippen molar-refractivity contribution in [1.82, 2.24) is 25.9 Å². The molecule has 0 spiro atoms. The van der Waals surface area contributed by atoms with Crippen LogP contribution in [0, 0.1) is 11.3 Å². The number of Topliss-reactive ketones (excluding diaryl/α,β-unsaturated/α-hetero) is 1. The van der Waals surface area contributed by atoms with Crippen molar-refractivity contribution in [2.75, 3.05) is 13.2 Å². The molecule has 33 heavy (non-hydrogen) atoms. The molecule has 2 rings (SSSR count). The van der Waals surface area contributed by atoms with Crippen molar-refractivity contribution < 1.29 is 23.9 Å². The Morgan fingerprint density at radius 1 is 1.24 bits per heavy atom. The molecule has 0 aliphatic carbocycles. The van der Waals surface area contributed by atoms with E-state index in [1.807, 2.05) is 26.8 Å². The summed E-state index contributed by atoms with van der Waals surface area (Å²) in [6.07, 6.45) is 2.75. The Hall–Kier alpha value is -3.04. The zero-order valence-electron chi connectivity index (χ0n) is 20.1. The predicted octanol–water partition coefficient (Wildman–Crippen LogP) is 1.32. The summed E-state index contributed by atoms with van der Waals surface area (Å²) >= 11 is 0. The van der Waals surface area contributed by atoms with Crippen LogP contribution in [0.15, 0.2) is 12.3 Å². The summed E-state index contributed by atoms with van der Waals surface area (Å²) in [5.74, 6) is -1.68. The minimum absolute atomic E-state index is 0.192. The molecule has 3 amide bonds. The fourth-order valence-corrected chi connectivity index (χ4v) is 3.24. The minimum Gasteiger partial charge on any atom is -0.449 e. The molecule has 1 aromatic heterocycles. The number of rotatable bonds is 5.